The second-order valence-electron chi connectivity index (χ2n) is 29.0. The first kappa shape index (κ1) is 84.1. The SMILES string of the molecule is C=C(C)C(=O)OCCNC(=O)OCCOC(=O)C(C)(CC(C)(CC(C)(CC(C)(CC(C)(CC(C)(CC(C)(CC(C)(CC(C)(CC(C)(CC(C)(C)C(=O)O)C(=O)O)C(=O)O)C(=O)O)C(=O)O)C(=O)O)C(=O)O)C(=O)O)C(=O)O)C(=O)O)CC(C)(CC)C(=O)OCCCC. The van der Waals surface area contributed by atoms with E-state index in [1.807, 2.05) is 6.92 Å². The number of hydrogen-bond donors (Lipinski definition) is 11. The Balaban J connectivity index is 7.81. The summed E-state index contributed by atoms with van der Waals surface area (Å²) in [5, 5.41) is 110. The molecule has 0 heterocycles. The van der Waals surface area contributed by atoms with E-state index in [1.54, 1.807) is 6.92 Å². The van der Waals surface area contributed by atoms with Crippen LogP contribution in [0.15, 0.2) is 12.2 Å². The van der Waals surface area contributed by atoms with Gasteiger partial charge in [-0.1, -0.05) is 26.8 Å². The van der Waals surface area contributed by atoms with Gasteiger partial charge in [0.15, 0.2) is 0 Å². The lowest BCUT2D eigenvalue weighted by molar-refractivity contribution is -0.172. The van der Waals surface area contributed by atoms with Gasteiger partial charge in [0, 0.05) is 5.57 Å². The van der Waals surface area contributed by atoms with E-state index < -0.39 is 233 Å². The average molecular weight is 1320 g/mol. The second kappa shape index (κ2) is 31.6. The Kier molecular flexibility index (Phi) is 28.9. The third kappa shape index (κ3) is 22.2. The molecule has 0 aromatic rings. The van der Waals surface area contributed by atoms with Gasteiger partial charge in [-0.05, 0) is 180 Å². The van der Waals surface area contributed by atoms with Gasteiger partial charge < -0.3 is 75.3 Å². The molecule has 0 bridgehead atoms. The van der Waals surface area contributed by atoms with Crippen LogP contribution in [0.2, 0.25) is 0 Å². The van der Waals surface area contributed by atoms with Gasteiger partial charge >= 0.3 is 83.7 Å². The topological polar surface area (TPSA) is 490 Å². The number of hydrogen-bond acceptors (Lipinski definition) is 18. The van der Waals surface area contributed by atoms with Crippen molar-refractivity contribution in [3.05, 3.63) is 12.2 Å². The van der Waals surface area contributed by atoms with E-state index in [0.29, 0.717) is 12.8 Å². The molecule has 0 aromatic carbocycles. The molecule has 0 aliphatic carbocycles. The first-order chi connectivity index (χ1) is 41.4. The summed E-state index contributed by atoms with van der Waals surface area (Å²) in [6.07, 6.45) is -10.6. The molecule has 0 saturated heterocycles. The van der Waals surface area contributed by atoms with Crippen LogP contribution in [-0.2, 0) is 81.3 Å². The summed E-state index contributed by atoms with van der Waals surface area (Å²) in [6.45, 7) is 20.3. The first-order valence-corrected chi connectivity index (χ1v) is 29.8. The number of alkyl carbamates (subject to hydrolysis) is 1. The molecule has 29 nitrogen and oxygen atoms in total. The zero-order valence-corrected chi connectivity index (χ0v) is 56.0. The standard InChI is InChI=1S/C63H99NO28/c1-18-20-22-90-49(86)53(7,19-2)27-63(17,50(87)91-24-25-92-51(88)64-21-23-89-38(65)37(3)4)36-62(16,48(84)85)35-61(15,47(82)83)34-60(14,46(80)81)33-59(13,45(78)79)32-58(12,44(76)77)31-57(11,43(74)75)30-56(10,42(72)73)29-55(9,41(70)71)28-54(8,40(68)69)26-52(5,6)39(66)67/h3,18-36H2,1-2,4-17H3,(H,64,88)(H,66,67)(H,68,69)(H,70,71)(H,72,73)(H,74,75)(H,76,77)(H,78,79)(H,80,81)(H,82,83)(H,84,85). The molecule has 11 N–H and O–H groups in total. The molecule has 0 aliphatic heterocycles. The van der Waals surface area contributed by atoms with Gasteiger partial charge in [0.1, 0.15) is 19.8 Å². The average Bonchev–Trinajstić information content (AvgIpc) is 0.782. The normalized spacial score (nSPS) is 18.9. The minimum absolute atomic E-state index is 0.000405. The highest BCUT2D eigenvalue weighted by Crippen LogP contribution is 2.57. The lowest BCUT2D eigenvalue weighted by atomic mass is 9.55. The van der Waals surface area contributed by atoms with Gasteiger partial charge in [-0.15, -0.1) is 0 Å². The predicted molar refractivity (Wildman–Crippen MR) is 322 cm³/mol. The molecule has 0 aliphatic rings. The number of rotatable bonds is 45. The van der Waals surface area contributed by atoms with Crippen molar-refractivity contribution < 1.29 is 137 Å². The summed E-state index contributed by atoms with van der Waals surface area (Å²) < 4.78 is 21.0. The van der Waals surface area contributed by atoms with E-state index in [9.17, 15) is 118 Å². The molecule has 0 rings (SSSR count). The molecule has 0 aromatic heterocycles. The third-order valence-corrected chi connectivity index (χ3v) is 17.9. The molecule has 524 valence electrons. The fraction of sp³-hybridized carbons (Fsp3) is 0.746. The van der Waals surface area contributed by atoms with Gasteiger partial charge in [-0.3, -0.25) is 57.5 Å². The lowest BCUT2D eigenvalue weighted by Gasteiger charge is -2.46. The number of carbonyl (C=O) groups excluding carboxylic acids is 4. The second-order valence-corrected chi connectivity index (χ2v) is 29.0. The van der Waals surface area contributed by atoms with Crippen LogP contribution in [0, 0.1) is 65.0 Å². The highest BCUT2D eigenvalue weighted by atomic mass is 16.6. The predicted octanol–water partition coefficient (Wildman–Crippen LogP) is 8.36. The molecule has 1 amide bonds. The van der Waals surface area contributed by atoms with Gasteiger partial charge in [0.05, 0.1) is 78.1 Å². The summed E-state index contributed by atoms with van der Waals surface area (Å²) in [6, 6.07) is 0. The lowest BCUT2D eigenvalue weighted by Crippen LogP contribution is -2.50. The molecule has 29 heteroatoms. The monoisotopic (exact) mass is 1320 g/mol. The number of carbonyl (C=O) groups is 14. The van der Waals surface area contributed by atoms with Crippen molar-refractivity contribution in [3.8, 4) is 0 Å². The number of carboxylic acid groups (broad SMARTS) is 10. The number of carboxylic acids is 10. The van der Waals surface area contributed by atoms with Crippen molar-refractivity contribution >= 4 is 83.7 Å². The van der Waals surface area contributed by atoms with E-state index in [0.717, 1.165) is 62.3 Å². The van der Waals surface area contributed by atoms with Crippen LogP contribution < -0.4 is 5.32 Å². The fourth-order valence-corrected chi connectivity index (χ4v) is 13.5. The number of amides is 1. The molecule has 0 saturated carbocycles. The van der Waals surface area contributed by atoms with Crippen molar-refractivity contribution in [3.63, 3.8) is 0 Å². The van der Waals surface area contributed by atoms with Crippen LogP contribution in [0.25, 0.3) is 0 Å². The van der Waals surface area contributed by atoms with Crippen LogP contribution in [0.4, 0.5) is 4.79 Å². The van der Waals surface area contributed by atoms with Crippen molar-refractivity contribution in [2.24, 2.45) is 65.0 Å². The summed E-state index contributed by atoms with van der Waals surface area (Å²) in [7, 11) is 0. The van der Waals surface area contributed by atoms with E-state index in [1.165, 1.54) is 34.6 Å². The Morgan fingerprint density at radius 1 is 0.326 bits per heavy atom. The minimum Gasteiger partial charge on any atom is -0.481 e. The van der Waals surface area contributed by atoms with Gasteiger partial charge in [-0.25, -0.2) is 9.59 Å². The molecular weight excluding hydrogens is 1220 g/mol. The highest BCUT2D eigenvalue weighted by molar-refractivity contribution is 5.88. The van der Waals surface area contributed by atoms with E-state index in [2.05, 4.69) is 11.9 Å². The molecule has 92 heavy (non-hydrogen) atoms. The Morgan fingerprint density at radius 3 is 0.837 bits per heavy atom. The minimum atomic E-state index is -2.61. The number of esters is 3. The van der Waals surface area contributed by atoms with E-state index in [4.69, 9.17) is 18.9 Å². The van der Waals surface area contributed by atoms with Gasteiger partial charge in [0.25, 0.3) is 0 Å². The fourth-order valence-electron chi connectivity index (χ4n) is 13.5. The number of ether oxygens (including phenoxy) is 4. The summed E-state index contributed by atoms with van der Waals surface area (Å²) in [5.41, 5.74) is -27.6. The maximum absolute atomic E-state index is 14.5. The third-order valence-electron chi connectivity index (χ3n) is 17.9. The molecule has 11 atom stereocenters. The van der Waals surface area contributed by atoms with Crippen LogP contribution in [0.5, 0.6) is 0 Å². The van der Waals surface area contributed by atoms with Crippen LogP contribution >= 0.6 is 0 Å². The first-order valence-electron chi connectivity index (χ1n) is 29.8. The Bertz CT molecular complexity index is 2830. The van der Waals surface area contributed by atoms with E-state index in [-0.39, 0.29) is 31.8 Å². The molecule has 0 radical (unpaired) electrons. The quantitative estimate of drug-likeness (QED) is 0.0118. The van der Waals surface area contributed by atoms with Crippen molar-refractivity contribution in [2.45, 2.75) is 201 Å². The maximum Gasteiger partial charge on any atom is 0.407 e. The number of aliphatic carboxylic acids is 10. The van der Waals surface area contributed by atoms with E-state index >= 15 is 0 Å². The van der Waals surface area contributed by atoms with Gasteiger partial charge in [-0.2, -0.15) is 0 Å². The Morgan fingerprint density at radius 2 is 0.576 bits per heavy atom. The maximum atomic E-state index is 14.5. The number of nitrogens with one attached hydrogen (secondary N) is 1. The van der Waals surface area contributed by atoms with Crippen molar-refractivity contribution in [2.75, 3.05) is 33.0 Å². The highest BCUT2D eigenvalue weighted by Gasteiger charge is 2.61. The zero-order valence-electron chi connectivity index (χ0n) is 56.0. The smallest absolute Gasteiger partial charge is 0.407 e. The van der Waals surface area contributed by atoms with Crippen molar-refractivity contribution in [1.29, 1.82) is 0 Å². The van der Waals surface area contributed by atoms with Crippen molar-refractivity contribution in [1.82, 2.24) is 5.32 Å². The van der Waals surface area contributed by atoms with Crippen LogP contribution in [-0.4, -0.2) is 168 Å². The molecule has 0 fully saturated rings. The van der Waals surface area contributed by atoms with Gasteiger partial charge in [0.2, 0.25) is 0 Å². The summed E-state index contributed by atoms with van der Waals surface area (Å²) in [5.74, 6) is -20.4. The largest absolute Gasteiger partial charge is 0.481 e. The number of unbranched alkanes of at least 4 members (excludes halogenated alkanes) is 1. The molecule has 11 unspecified atom stereocenters. The van der Waals surface area contributed by atoms with Crippen LogP contribution in [0.3, 0.4) is 0 Å². The Labute approximate surface area is 535 Å². The summed E-state index contributed by atoms with van der Waals surface area (Å²) >= 11 is 0. The molecule has 0 spiro atoms. The Hall–Kier alpha value is -7.88. The summed E-state index contributed by atoms with van der Waals surface area (Å²) in [4.78, 5) is 185. The van der Waals surface area contributed by atoms with Crippen LogP contribution in [0.1, 0.15) is 201 Å². The molecular formula is C63H99NO28. The zero-order chi connectivity index (χ0) is 72.6.